The minimum atomic E-state index is 0.736. The molecular weight excluding hydrogens is 160 g/mol. The first-order chi connectivity index (χ1) is 6.40. The van der Waals surface area contributed by atoms with Gasteiger partial charge in [-0.05, 0) is 30.4 Å². The van der Waals surface area contributed by atoms with Crippen LogP contribution in [0.5, 0.6) is 5.75 Å². The summed E-state index contributed by atoms with van der Waals surface area (Å²) in [6, 6.07) is 8.38. The molecule has 0 amide bonds. The van der Waals surface area contributed by atoms with E-state index in [1.165, 1.54) is 24.8 Å². The molecule has 1 aromatic rings. The lowest BCUT2D eigenvalue weighted by atomic mass is 9.93. The molecule has 0 bridgehead atoms. The number of ether oxygens (including phenoxy) is 1. The van der Waals surface area contributed by atoms with Gasteiger partial charge in [0.15, 0.2) is 0 Å². The Labute approximate surface area is 79.7 Å². The van der Waals surface area contributed by atoms with Crippen LogP contribution in [0.25, 0.3) is 0 Å². The molecule has 0 radical (unpaired) electrons. The van der Waals surface area contributed by atoms with Crippen molar-refractivity contribution in [1.29, 1.82) is 0 Å². The molecule has 1 unspecified atom stereocenters. The van der Waals surface area contributed by atoms with E-state index in [2.05, 4.69) is 25.1 Å². The van der Waals surface area contributed by atoms with Crippen molar-refractivity contribution in [3.63, 3.8) is 0 Å². The summed E-state index contributed by atoms with van der Waals surface area (Å²) in [5, 5.41) is 0. The zero-order valence-electron chi connectivity index (χ0n) is 8.12. The summed E-state index contributed by atoms with van der Waals surface area (Å²) in [6.45, 7) is 3.14. The van der Waals surface area contributed by atoms with Gasteiger partial charge in [0.25, 0.3) is 0 Å². The van der Waals surface area contributed by atoms with Gasteiger partial charge in [-0.25, -0.2) is 0 Å². The van der Waals surface area contributed by atoms with E-state index in [1.54, 1.807) is 0 Å². The van der Waals surface area contributed by atoms with Crippen LogP contribution < -0.4 is 4.74 Å². The van der Waals surface area contributed by atoms with E-state index in [0.717, 1.165) is 18.3 Å². The van der Waals surface area contributed by atoms with Crippen molar-refractivity contribution in [2.24, 2.45) is 5.92 Å². The molecule has 0 N–H and O–H groups in total. The number of fused-ring (bicyclic) bond motifs is 1. The molecule has 0 spiro atoms. The second-order valence-electron chi connectivity index (χ2n) is 3.78. The van der Waals surface area contributed by atoms with Gasteiger partial charge in [-0.3, -0.25) is 0 Å². The van der Waals surface area contributed by atoms with Crippen LogP contribution in [-0.2, 0) is 6.42 Å². The maximum Gasteiger partial charge on any atom is 0.122 e. The van der Waals surface area contributed by atoms with Crippen LogP contribution in [0.15, 0.2) is 24.3 Å². The minimum absolute atomic E-state index is 0.736. The molecule has 0 aliphatic carbocycles. The predicted molar refractivity (Wildman–Crippen MR) is 54.0 cm³/mol. The van der Waals surface area contributed by atoms with Crippen molar-refractivity contribution in [2.45, 2.75) is 26.2 Å². The molecule has 0 saturated carbocycles. The number of rotatable bonds is 2. The van der Waals surface area contributed by atoms with Crippen molar-refractivity contribution in [3.05, 3.63) is 29.8 Å². The highest BCUT2D eigenvalue weighted by atomic mass is 16.5. The van der Waals surface area contributed by atoms with Gasteiger partial charge in [-0.2, -0.15) is 0 Å². The molecule has 1 aromatic carbocycles. The lowest BCUT2D eigenvalue weighted by Crippen LogP contribution is -2.20. The standard InChI is InChI=1S/C12H16O/c1-2-5-10-8-11-6-3-4-7-12(11)13-9-10/h3-4,6-7,10H,2,5,8-9H2,1H3. The Morgan fingerprint density at radius 2 is 2.23 bits per heavy atom. The van der Waals surface area contributed by atoms with Gasteiger partial charge < -0.3 is 4.74 Å². The molecule has 1 aliphatic rings. The fourth-order valence-electron chi connectivity index (χ4n) is 1.98. The van der Waals surface area contributed by atoms with Crippen molar-refractivity contribution in [1.82, 2.24) is 0 Å². The Morgan fingerprint density at radius 3 is 3.08 bits per heavy atom. The lowest BCUT2D eigenvalue weighted by Gasteiger charge is -2.24. The Morgan fingerprint density at radius 1 is 1.38 bits per heavy atom. The molecule has 0 saturated heterocycles. The zero-order valence-corrected chi connectivity index (χ0v) is 8.12. The molecule has 1 heterocycles. The smallest absolute Gasteiger partial charge is 0.122 e. The summed E-state index contributed by atoms with van der Waals surface area (Å²) in [7, 11) is 0. The fourth-order valence-corrected chi connectivity index (χ4v) is 1.98. The van der Waals surface area contributed by atoms with Crippen LogP contribution >= 0.6 is 0 Å². The summed E-state index contributed by atoms with van der Waals surface area (Å²) in [5.41, 5.74) is 1.38. The van der Waals surface area contributed by atoms with Crippen molar-refractivity contribution >= 4 is 0 Å². The van der Waals surface area contributed by atoms with E-state index in [4.69, 9.17) is 4.74 Å². The normalized spacial score (nSPS) is 20.5. The van der Waals surface area contributed by atoms with Crippen LogP contribution in [0.4, 0.5) is 0 Å². The number of hydrogen-bond acceptors (Lipinski definition) is 1. The van der Waals surface area contributed by atoms with Crippen LogP contribution in [0.1, 0.15) is 25.3 Å². The maximum absolute atomic E-state index is 5.69. The zero-order chi connectivity index (χ0) is 9.10. The summed E-state index contributed by atoms with van der Waals surface area (Å²) in [4.78, 5) is 0. The summed E-state index contributed by atoms with van der Waals surface area (Å²) in [5.74, 6) is 1.83. The molecule has 1 aliphatic heterocycles. The van der Waals surface area contributed by atoms with Gasteiger partial charge in [0, 0.05) is 0 Å². The Kier molecular flexibility index (Phi) is 2.53. The predicted octanol–water partition coefficient (Wildman–Crippen LogP) is 3.04. The highest BCUT2D eigenvalue weighted by molar-refractivity contribution is 5.34. The SMILES string of the molecule is CCCC1COc2ccccc2C1. The van der Waals surface area contributed by atoms with Gasteiger partial charge in [0.1, 0.15) is 5.75 Å². The maximum atomic E-state index is 5.69. The Balaban J connectivity index is 2.11. The first-order valence-electron chi connectivity index (χ1n) is 5.11. The van der Waals surface area contributed by atoms with E-state index in [1.807, 2.05) is 6.07 Å². The van der Waals surface area contributed by atoms with Gasteiger partial charge in [-0.1, -0.05) is 31.5 Å². The highest BCUT2D eigenvalue weighted by Crippen LogP contribution is 2.28. The molecular formula is C12H16O. The molecule has 13 heavy (non-hydrogen) atoms. The third kappa shape index (κ3) is 1.85. The number of para-hydroxylation sites is 1. The largest absolute Gasteiger partial charge is 0.493 e. The van der Waals surface area contributed by atoms with E-state index >= 15 is 0 Å². The Hall–Kier alpha value is -0.980. The molecule has 1 heteroatoms. The molecule has 0 fully saturated rings. The third-order valence-electron chi connectivity index (χ3n) is 2.65. The quantitative estimate of drug-likeness (QED) is 0.673. The minimum Gasteiger partial charge on any atom is -0.493 e. The summed E-state index contributed by atoms with van der Waals surface area (Å²) < 4.78 is 5.69. The number of hydrogen-bond donors (Lipinski definition) is 0. The average molecular weight is 176 g/mol. The number of benzene rings is 1. The van der Waals surface area contributed by atoms with Crippen molar-refractivity contribution < 1.29 is 4.74 Å². The van der Waals surface area contributed by atoms with Gasteiger partial charge in [0.05, 0.1) is 6.61 Å². The lowest BCUT2D eigenvalue weighted by molar-refractivity contribution is 0.213. The molecule has 1 atom stereocenters. The van der Waals surface area contributed by atoms with Gasteiger partial charge in [0.2, 0.25) is 0 Å². The van der Waals surface area contributed by atoms with Crippen molar-refractivity contribution in [2.75, 3.05) is 6.61 Å². The van der Waals surface area contributed by atoms with Crippen LogP contribution in [0.2, 0.25) is 0 Å². The second kappa shape index (κ2) is 3.82. The van der Waals surface area contributed by atoms with E-state index < -0.39 is 0 Å². The molecule has 70 valence electrons. The summed E-state index contributed by atoms with van der Waals surface area (Å²) in [6.07, 6.45) is 3.74. The first-order valence-corrected chi connectivity index (χ1v) is 5.11. The second-order valence-corrected chi connectivity index (χ2v) is 3.78. The van der Waals surface area contributed by atoms with E-state index in [0.29, 0.717) is 0 Å². The monoisotopic (exact) mass is 176 g/mol. The molecule has 0 aromatic heterocycles. The van der Waals surface area contributed by atoms with Crippen LogP contribution in [0, 0.1) is 5.92 Å². The molecule has 2 rings (SSSR count). The van der Waals surface area contributed by atoms with E-state index in [9.17, 15) is 0 Å². The fraction of sp³-hybridized carbons (Fsp3) is 0.500. The average Bonchev–Trinajstić information content (AvgIpc) is 2.18. The topological polar surface area (TPSA) is 9.23 Å². The van der Waals surface area contributed by atoms with Gasteiger partial charge in [-0.15, -0.1) is 0 Å². The highest BCUT2D eigenvalue weighted by Gasteiger charge is 2.17. The van der Waals surface area contributed by atoms with Crippen LogP contribution in [-0.4, -0.2) is 6.61 Å². The third-order valence-corrected chi connectivity index (χ3v) is 2.65. The van der Waals surface area contributed by atoms with Crippen molar-refractivity contribution in [3.8, 4) is 5.75 Å². The van der Waals surface area contributed by atoms with Crippen LogP contribution in [0.3, 0.4) is 0 Å². The Bertz CT molecular complexity index is 280. The van der Waals surface area contributed by atoms with Gasteiger partial charge >= 0.3 is 0 Å². The van der Waals surface area contributed by atoms with E-state index in [-0.39, 0.29) is 0 Å². The molecule has 1 nitrogen and oxygen atoms in total. The summed E-state index contributed by atoms with van der Waals surface area (Å²) >= 11 is 0. The first kappa shape index (κ1) is 8.61.